The van der Waals surface area contributed by atoms with Gasteiger partial charge in [0.25, 0.3) is 0 Å². The van der Waals surface area contributed by atoms with Crippen molar-refractivity contribution in [3.63, 3.8) is 0 Å². The van der Waals surface area contributed by atoms with Crippen LogP contribution < -0.4 is 10.5 Å². The van der Waals surface area contributed by atoms with Gasteiger partial charge in [-0.1, -0.05) is 6.07 Å². The molecule has 1 fully saturated rings. The number of ether oxygens (including phenoxy) is 1. The molecule has 0 spiro atoms. The Morgan fingerprint density at radius 2 is 2.40 bits per heavy atom. The Morgan fingerprint density at radius 3 is 3.10 bits per heavy atom. The Kier molecular flexibility index (Phi) is 4.97. The zero-order valence-corrected chi connectivity index (χ0v) is 11.4. The second kappa shape index (κ2) is 6.92. The van der Waals surface area contributed by atoms with Crippen molar-refractivity contribution in [3.8, 4) is 11.8 Å². The van der Waals surface area contributed by atoms with Crippen molar-refractivity contribution in [3.05, 3.63) is 29.8 Å². The summed E-state index contributed by atoms with van der Waals surface area (Å²) in [5.41, 5.74) is 5.90. The van der Waals surface area contributed by atoms with E-state index in [4.69, 9.17) is 15.7 Å². The van der Waals surface area contributed by atoms with Crippen molar-refractivity contribution in [1.29, 1.82) is 5.26 Å². The summed E-state index contributed by atoms with van der Waals surface area (Å²) in [6.45, 7) is 3.20. The summed E-state index contributed by atoms with van der Waals surface area (Å²) in [6.07, 6.45) is 1.75. The Bertz CT molecular complexity index is 510. The van der Waals surface area contributed by atoms with E-state index in [1.807, 2.05) is 12.1 Å². The molecule has 1 heterocycles. The third-order valence-corrected chi connectivity index (χ3v) is 3.53. The lowest BCUT2D eigenvalue weighted by Crippen LogP contribution is -2.28. The topological polar surface area (TPSA) is 79.3 Å². The van der Waals surface area contributed by atoms with E-state index in [0.29, 0.717) is 12.2 Å². The lowest BCUT2D eigenvalue weighted by Gasteiger charge is -2.15. The molecule has 20 heavy (non-hydrogen) atoms. The van der Waals surface area contributed by atoms with Crippen molar-refractivity contribution in [1.82, 2.24) is 4.90 Å². The van der Waals surface area contributed by atoms with E-state index < -0.39 is 0 Å². The van der Waals surface area contributed by atoms with E-state index in [1.54, 1.807) is 12.1 Å². The molecule has 1 saturated heterocycles. The molecule has 1 aliphatic heterocycles. The highest BCUT2D eigenvalue weighted by atomic mass is 16.5. The first-order valence-corrected chi connectivity index (χ1v) is 6.83. The molecule has 1 unspecified atom stereocenters. The van der Waals surface area contributed by atoms with Crippen LogP contribution >= 0.6 is 0 Å². The number of nitriles is 1. The van der Waals surface area contributed by atoms with Crippen LogP contribution in [0.5, 0.6) is 5.75 Å². The molecule has 1 aliphatic rings. The maximum absolute atomic E-state index is 11.1. The van der Waals surface area contributed by atoms with Crippen LogP contribution in [-0.2, 0) is 4.79 Å². The zero-order chi connectivity index (χ0) is 14.4. The van der Waals surface area contributed by atoms with Gasteiger partial charge in [-0.05, 0) is 37.6 Å². The minimum atomic E-state index is -0.197. The van der Waals surface area contributed by atoms with E-state index in [0.717, 1.165) is 38.2 Å². The number of nitrogens with zero attached hydrogens (tertiary/aromatic N) is 2. The summed E-state index contributed by atoms with van der Waals surface area (Å²) in [6, 6.07) is 9.23. The molecule has 1 atom stereocenters. The smallest absolute Gasteiger partial charge is 0.221 e. The molecule has 0 saturated carbocycles. The summed E-state index contributed by atoms with van der Waals surface area (Å²) in [5.74, 6) is 0.529. The van der Waals surface area contributed by atoms with Crippen LogP contribution in [0.25, 0.3) is 0 Å². The number of likely N-dealkylation sites (tertiary alicyclic amines) is 1. The van der Waals surface area contributed by atoms with Gasteiger partial charge in [0.15, 0.2) is 0 Å². The highest BCUT2D eigenvalue weighted by molar-refractivity contribution is 5.77. The van der Waals surface area contributed by atoms with Crippen molar-refractivity contribution in [2.24, 2.45) is 11.7 Å². The van der Waals surface area contributed by atoms with Gasteiger partial charge in [-0.25, -0.2) is 0 Å². The molecule has 2 N–H and O–H groups in total. The number of amides is 1. The van der Waals surface area contributed by atoms with Gasteiger partial charge in [0.1, 0.15) is 5.75 Å². The van der Waals surface area contributed by atoms with Gasteiger partial charge in [0.05, 0.1) is 24.2 Å². The number of primary amides is 1. The maximum Gasteiger partial charge on any atom is 0.221 e. The second-order valence-electron chi connectivity index (χ2n) is 5.03. The molecular weight excluding hydrogens is 254 g/mol. The van der Waals surface area contributed by atoms with Gasteiger partial charge in [-0.3, -0.25) is 4.79 Å². The minimum absolute atomic E-state index is 0.00299. The first kappa shape index (κ1) is 14.4. The molecule has 5 nitrogen and oxygen atoms in total. The third kappa shape index (κ3) is 3.97. The number of hydrogen-bond acceptors (Lipinski definition) is 4. The summed E-state index contributed by atoms with van der Waals surface area (Å²) >= 11 is 0. The fourth-order valence-electron chi connectivity index (χ4n) is 2.40. The standard InChI is InChI=1S/C15H19N3O2/c16-10-12-3-1-4-14(9-12)20-8-2-6-18-7-5-13(11-18)15(17)19/h1,3-4,9,13H,2,5-8,11H2,(H2,17,19). The molecule has 0 radical (unpaired) electrons. The SMILES string of the molecule is N#Cc1cccc(OCCCN2CCC(C(N)=O)C2)c1. The number of nitrogens with two attached hydrogens (primary N) is 1. The first-order valence-electron chi connectivity index (χ1n) is 6.83. The summed E-state index contributed by atoms with van der Waals surface area (Å²) in [5, 5.41) is 8.80. The predicted octanol–water partition coefficient (Wildman–Crippen LogP) is 1.13. The highest BCUT2D eigenvalue weighted by Gasteiger charge is 2.25. The normalized spacial score (nSPS) is 18.6. The molecular formula is C15H19N3O2. The number of carbonyl (C=O) groups excluding carboxylic acids is 1. The molecule has 1 amide bonds. The van der Waals surface area contributed by atoms with Crippen molar-refractivity contribution in [2.75, 3.05) is 26.2 Å². The molecule has 1 aromatic carbocycles. The molecule has 1 aromatic rings. The number of carbonyl (C=O) groups is 1. The minimum Gasteiger partial charge on any atom is -0.494 e. The maximum atomic E-state index is 11.1. The van der Waals surface area contributed by atoms with Crippen molar-refractivity contribution >= 4 is 5.91 Å². The predicted molar refractivity (Wildman–Crippen MR) is 75.0 cm³/mol. The fourth-order valence-corrected chi connectivity index (χ4v) is 2.40. The van der Waals surface area contributed by atoms with Gasteiger partial charge in [-0.2, -0.15) is 5.26 Å². The van der Waals surface area contributed by atoms with Crippen LogP contribution in [0, 0.1) is 17.2 Å². The van der Waals surface area contributed by atoms with Crippen LogP contribution in [-0.4, -0.2) is 37.0 Å². The number of rotatable bonds is 6. The Balaban J connectivity index is 1.67. The molecule has 0 aliphatic carbocycles. The molecule has 2 rings (SSSR count). The summed E-state index contributed by atoms with van der Waals surface area (Å²) < 4.78 is 5.61. The summed E-state index contributed by atoms with van der Waals surface area (Å²) in [7, 11) is 0. The molecule has 0 aromatic heterocycles. The van der Waals surface area contributed by atoms with Gasteiger partial charge in [-0.15, -0.1) is 0 Å². The van der Waals surface area contributed by atoms with E-state index in [9.17, 15) is 4.79 Å². The largest absolute Gasteiger partial charge is 0.494 e. The van der Waals surface area contributed by atoms with Crippen molar-refractivity contribution < 1.29 is 9.53 Å². The highest BCUT2D eigenvalue weighted by Crippen LogP contribution is 2.16. The Labute approximate surface area is 118 Å². The number of benzene rings is 1. The zero-order valence-electron chi connectivity index (χ0n) is 11.4. The van der Waals surface area contributed by atoms with Gasteiger partial charge < -0.3 is 15.4 Å². The third-order valence-electron chi connectivity index (χ3n) is 3.53. The van der Waals surface area contributed by atoms with Crippen molar-refractivity contribution in [2.45, 2.75) is 12.8 Å². The van der Waals surface area contributed by atoms with Gasteiger partial charge in [0.2, 0.25) is 5.91 Å². The monoisotopic (exact) mass is 273 g/mol. The quantitative estimate of drug-likeness (QED) is 0.788. The average molecular weight is 273 g/mol. The average Bonchev–Trinajstić information content (AvgIpc) is 2.93. The van der Waals surface area contributed by atoms with Crippen LogP contribution in [0.4, 0.5) is 0 Å². The van der Waals surface area contributed by atoms with Crippen LogP contribution in [0.3, 0.4) is 0 Å². The van der Waals surface area contributed by atoms with Crippen LogP contribution in [0.15, 0.2) is 24.3 Å². The molecule has 106 valence electrons. The van der Waals surface area contributed by atoms with Crippen LogP contribution in [0.2, 0.25) is 0 Å². The Morgan fingerprint density at radius 1 is 1.55 bits per heavy atom. The van der Waals surface area contributed by atoms with E-state index in [2.05, 4.69) is 11.0 Å². The Hall–Kier alpha value is -2.06. The van der Waals surface area contributed by atoms with E-state index >= 15 is 0 Å². The van der Waals surface area contributed by atoms with E-state index in [1.165, 1.54) is 0 Å². The lowest BCUT2D eigenvalue weighted by molar-refractivity contribution is -0.121. The molecule has 5 heteroatoms. The molecule has 0 bridgehead atoms. The van der Waals surface area contributed by atoms with Gasteiger partial charge >= 0.3 is 0 Å². The first-order chi connectivity index (χ1) is 9.69. The lowest BCUT2D eigenvalue weighted by atomic mass is 10.1. The summed E-state index contributed by atoms with van der Waals surface area (Å²) in [4.78, 5) is 13.3. The second-order valence-corrected chi connectivity index (χ2v) is 5.03. The van der Waals surface area contributed by atoms with Gasteiger partial charge in [0, 0.05) is 13.1 Å². The van der Waals surface area contributed by atoms with Crippen LogP contribution in [0.1, 0.15) is 18.4 Å². The van der Waals surface area contributed by atoms with E-state index in [-0.39, 0.29) is 11.8 Å². The number of hydrogen-bond donors (Lipinski definition) is 1. The fraction of sp³-hybridized carbons (Fsp3) is 0.467.